The second kappa shape index (κ2) is 13.5. The fourth-order valence-electron chi connectivity index (χ4n) is 6.64. The van der Waals surface area contributed by atoms with Crippen molar-refractivity contribution in [2.24, 2.45) is 0 Å². The second-order valence-corrected chi connectivity index (χ2v) is 14.7. The molecule has 2 aromatic heterocycles. The van der Waals surface area contributed by atoms with Crippen LogP contribution in [0.3, 0.4) is 0 Å². The van der Waals surface area contributed by atoms with E-state index in [1.807, 2.05) is 0 Å². The van der Waals surface area contributed by atoms with Gasteiger partial charge < -0.3 is 0 Å². The Morgan fingerprint density at radius 1 is 0.578 bits per heavy atom. The molecule has 0 radical (unpaired) electrons. The Labute approximate surface area is 279 Å². The maximum absolute atomic E-state index is 4.08. The highest BCUT2D eigenvalue weighted by Gasteiger charge is 2.23. The number of imidazole rings is 2. The molecule has 236 valence electrons. The van der Waals surface area contributed by atoms with Gasteiger partial charge >= 0.3 is 0 Å². The number of hydrogen-bond acceptors (Lipinski definition) is 0. The summed E-state index contributed by atoms with van der Waals surface area (Å²) >= 11 is 4.08. The van der Waals surface area contributed by atoms with Crippen molar-refractivity contribution in [1.82, 2.24) is 9.13 Å². The summed E-state index contributed by atoms with van der Waals surface area (Å²) in [6.07, 6.45) is 13.4. The highest BCUT2D eigenvalue weighted by Crippen LogP contribution is 2.33. The molecule has 0 N–H and O–H groups in total. The smallest absolute Gasteiger partial charge is 0.232 e. The van der Waals surface area contributed by atoms with Crippen molar-refractivity contribution < 1.29 is 9.13 Å². The van der Waals surface area contributed by atoms with Crippen molar-refractivity contribution in [3.63, 3.8) is 0 Å². The first-order valence-electron chi connectivity index (χ1n) is 16.5. The second-order valence-electron chi connectivity index (χ2n) is 14.0. The molecule has 45 heavy (non-hydrogen) atoms. The average Bonchev–Trinajstić information content (AvgIpc) is 3.66. The van der Waals surface area contributed by atoms with E-state index in [1.54, 1.807) is 0 Å². The first kappa shape index (κ1) is 32.9. The SMILES string of the molecule is Cc1cc(C)c(C[n+]2ccn(-c3c(C(C)C)cccc3C(C)C)c2)c(Br)c1C[n+]1ccn(-c2c(C(C)C)cccc2C(C)C)c1. The van der Waals surface area contributed by atoms with Crippen LogP contribution < -0.4 is 9.13 Å². The molecule has 0 saturated heterocycles. The van der Waals surface area contributed by atoms with Gasteiger partial charge in [-0.05, 0) is 64.6 Å². The summed E-state index contributed by atoms with van der Waals surface area (Å²) in [4.78, 5) is 0. The Hall–Kier alpha value is -3.44. The fourth-order valence-corrected chi connectivity index (χ4v) is 7.52. The molecule has 0 spiro atoms. The van der Waals surface area contributed by atoms with Crippen LogP contribution in [0.25, 0.3) is 11.4 Å². The van der Waals surface area contributed by atoms with Gasteiger partial charge in [0, 0.05) is 37.9 Å². The van der Waals surface area contributed by atoms with Gasteiger partial charge in [0.1, 0.15) is 49.3 Å². The van der Waals surface area contributed by atoms with Crippen LogP contribution in [0.4, 0.5) is 0 Å². The van der Waals surface area contributed by atoms with Gasteiger partial charge in [-0.2, -0.15) is 0 Å². The van der Waals surface area contributed by atoms with Crippen LogP contribution in [0.5, 0.6) is 0 Å². The summed E-state index contributed by atoms with van der Waals surface area (Å²) in [6.45, 7) is 24.4. The van der Waals surface area contributed by atoms with E-state index in [1.165, 1.54) is 60.4 Å². The largest absolute Gasteiger partial charge is 0.249 e. The normalized spacial score (nSPS) is 12.0. The van der Waals surface area contributed by atoms with Crippen molar-refractivity contribution >= 4 is 15.9 Å². The maximum atomic E-state index is 4.08. The molecular formula is C40H51BrN4+2. The molecule has 0 aliphatic heterocycles. The molecule has 5 heteroatoms. The van der Waals surface area contributed by atoms with Crippen molar-refractivity contribution in [2.75, 3.05) is 0 Å². The molecule has 0 amide bonds. The zero-order valence-corrected chi connectivity index (χ0v) is 30.5. The van der Waals surface area contributed by atoms with E-state index < -0.39 is 0 Å². The third-order valence-corrected chi connectivity index (χ3v) is 10.1. The summed E-state index contributed by atoms with van der Waals surface area (Å²) in [6, 6.07) is 15.9. The van der Waals surface area contributed by atoms with E-state index in [2.05, 4.69) is 183 Å². The van der Waals surface area contributed by atoms with Crippen LogP contribution in [0, 0.1) is 13.8 Å². The number of halogens is 1. The quantitative estimate of drug-likeness (QED) is 0.132. The number of aromatic nitrogens is 4. The number of para-hydroxylation sites is 2. The minimum Gasteiger partial charge on any atom is -0.232 e. The third-order valence-electron chi connectivity index (χ3n) is 9.18. The fraction of sp³-hybridized carbons (Fsp3) is 0.400. The molecule has 0 aliphatic rings. The molecule has 0 saturated carbocycles. The monoisotopic (exact) mass is 666 g/mol. The van der Waals surface area contributed by atoms with Crippen molar-refractivity contribution in [3.8, 4) is 11.4 Å². The molecule has 0 unspecified atom stereocenters. The lowest BCUT2D eigenvalue weighted by atomic mass is 9.92. The van der Waals surface area contributed by atoms with E-state index in [9.17, 15) is 0 Å². The molecule has 4 nitrogen and oxygen atoms in total. The van der Waals surface area contributed by atoms with Crippen molar-refractivity contribution in [2.45, 2.75) is 106 Å². The predicted octanol–water partition coefficient (Wildman–Crippen LogP) is 9.81. The van der Waals surface area contributed by atoms with Crippen LogP contribution in [-0.4, -0.2) is 9.13 Å². The summed E-state index contributed by atoms with van der Waals surface area (Å²) in [5.41, 5.74) is 13.5. The number of benzene rings is 3. The summed E-state index contributed by atoms with van der Waals surface area (Å²) < 4.78 is 10.5. The van der Waals surface area contributed by atoms with Crippen molar-refractivity contribution in [1.29, 1.82) is 0 Å². The lowest BCUT2D eigenvalue weighted by molar-refractivity contribution is -0.688. The van der Waals surface area contributed by atoms with Gasteiger partial charge in [-0.1, -0.05) is 97.9 Å². The lowest BCUT2D eigenvalue weighted by Crippen LogP contribution is -2.34. The molecule has 3 aromatic carbocycles. The molecule has 5 aromatic rings. The molecule has 0 aliphatic carbocycles. The minimum atomic E-state index is 0.453. The number of rotatable bonds is 10. The number of aryl methyl sites for hydroxylation is 2. The zero-order chi connectivity index (χ0) is 32.6. The van der Waals surface area contributed by atoms with Gasteiger partial charge in [-0.15, -0.1) is 0 Å². The topological polar surface area (TPSA) is 17.6 Å². The van der Waals surface area contributed by atoms with E-state index in [-0.39, 0.29) is 0 Å². The van der Waals surface area contributed by atoms with Crippen LogP contribution in [-0.2, 0) is 13.1 Å². The van der Waals surface area contributed by atoms with E-state index in [4.69, 9.17) is 0 Å². The Morgan fingerprint density at radius 2 is 0.911 bits per heavy atom. The zero-order valence-electron chi connectivity index (χ0n) is 28.9. The minimum absolute atomic E-state index is 0.453. The highest BCUT2D eigenvalue weighted by atomic mass is 79.9. The highest BCUT2D eigenvalue weighted by molar-refractivity contribution is 9.10. The average molecular weight is 668 g/mol. The Kier molecular flexibility index (Phi) is 9.88. The summed E-state index contributed by atoms with van der Waals surface area (Å²) in [5, 5.41) is 0. The maximum Gasteiger partial charge on any atom is 0.249 e. The Bertz CT molecular complexity index is 1620. The molecule has 5 rings (SSSR count). The van der Waals surface area contributed by atoms with Crippen LogP contribution in [0.2, 0.25) is 0 Å². The molecule has 2 heterocycles. The van der Waals surface area contributed by atoms with Gasteiger partial charge in [-0.25, -0.2) is 18.3 Å². The Morgan fingerprint density at radius 3 is 1.22 bits per heavy atom. The molecule has 0 bridgehead atoms. The first-order valence-corrected chi connectivity index (χ1v) is 17.3. The van der Waals surface area contributed by atoms with Crippen LogP contribution >= 0.6 is 15.9 Å². The molecular weight excluding hydrogens is 616 g/mol. The van der Waals surface area contributed by atoms with E-state index in [0.29, 0.717) is 23.7 Å². The standard InChI is InChI=1S/C40H51BrN4/c1-26(2)32-13-11-14-33(27(3)4)39(32)44-19-17-42(24-44)22-36-30(9)21-31(10)37(38(36)41)23-43-18-20-45(25-43)40-34(28(5)6)15-12-16-35(40)29(7)8/h11-21,24-29H,22-23H2,1-10H3/q+2. The Balaban J connectivity index is 1.47. The van der Waals surface area contributed by atoms with Crippen molar-refractivity contribution in [3.05, 3.63) is 129 Å². The summed E-state index contributed by atoms with van der Waals surface area (Å²) in [5.74, 6) is 1.81. The van der Waals surface area contributed by atoms with Gasteiger partial charge in [0.15, 0.2) is 0 Å². The van der Waals surface area contributed by atoms with Gasteiger partial charge in [-0.3, -0.25) is 0 Å². The molecule has 0 atom stereocenters. The van der Waals surface area contributed by atoms with E-state index in [0.717, 1.165) is 13.1 Å². The first-order chi connectivity index (χ1) is 21.4. The molecule has 0 fully saturated rings. The summed E-state index contributed by atoms with van der Waals surface area (Å²) in [7, 11) is 0. The predicted molar refractivity (Wildman–Crippen MR) is 190 cm³/mol. The number of hydrogen-bond donors (Lipinski definition) is 0. The lowest BCUT2D eigenvalue weighted by Gasteiger charge is -2.16. The van der Waals surface area contributed by atoms with E-state index >= 15 is 0 Å². The third kappa shape index (κ3) is 6.74. The van der Waals surface area contributed by atoms with Gasteiger partial charge in [0.25, 0.3) is 0 Å². The van der Waals surface area contributed by atoms with Crippen LogP contribution in [0.15, 0.2) is 84.4 Å². The van der Waals surface area contributed by atoms with Gasteiger partial charge in [0.05, 0.1) is 0 Å². The van der Waals surface area contributed by atoms with Crippen LogP contribution in [0.1, 0.15) is 124 Å². The number of nitrogens with zero attached hydrogens (tertiary/aromatic N) is 4. The van der Waals surface area contributed by atoms with Gasteiger partial charge in [0.2, 0.25) is 12.7 Å².